The SMILES string of the molecule is C#CCCC(NC(=O)C1CCCN1C(=O)C(NC(=O)NC)C1CC/C=C\C=C/C(=C)C1)C(=O)C(=O)NCC=C.CCC.CO. The summed E-state index contributed by atoms with van der Waals surface area (Å²) in [5, 5.41) is 17.3. The Bertz CT molecular complexity index is 1080. The molecule has 2 rings (SSSR count). The van der Waals surface area contributed by atoms with Gasteiger partial charge in [0.2, 0.25) is 17.6 Å². The van der Waals surface area contributed by atoms with Crippen LogP contribution in [0.3, 0.4) is 0 Å². The van der Waals surface area contributed by atoms with Gasteiger partial charge in [-0.2, -0.15) is 0 Å². The maximum Gasteiger partial charge on any atom is 0.315 e. The molecule has 4 atom stereocenters. The van der Waals surface area contributed by atoms with Crippen molar-refractivity contribution in [1.82, 2.24) is 26.2 Å². The number of nitrogens with one attached hydrogen (secondary N) is 4. The number of rotatable bonds is 11. The second-order valence-corrected chi connectivity index (χ2v) is 10.3. The quantitative estimate of drug-likeness (QED) is 0.137. The molecule has 44 heavy (non-hydrogen) atoms. The zero-order valence-corrected chi connectivity index (χ0v) is 26.7. The Hall–Kier alpha value is -4.17. The van der Waals surface area contributed by atoms with Crippen LogP contribution in [0.4, 0.5) is 4.79 Å². The lowest BCUT2D eigenvalue weighted by Gasteiger charge is -2.33. The smallest absolute Gasteiger partial charge is 0.315 e. The van der Waals surface area contributed by atoms with Gasteiger partial charge in [0.15, 0.2) is 0 Å². The van der Waals surface area contributed by atoms with Gasteiger partial charge in [0.1, 0.15) is 12.1 Å². The molecule has 0 bridgehead atoms. The Kier molecular flexibility index (Phi) is 21.1. The van der Waals surface area contributed by atoms with Crippen molar-refractivity contribution in [2.24, 2.45) is 5.92 Å². The van der Waals surface area contributed by atoms with Crippen LogP contribution in [0.15, 0.2) is 49.1 Å². The number of Topliss-reactive ketones (excluding diaryl/α,β-unsaturated/α-hetero) is 1. The van der Waals surface area contributed by atoms with Gasteiger partial charge < -0.3 is 31.3 Å². The van der Waals surface area contributed by atoms with E-state index >= 15 is 0 Å². The summed E-state index contributed by atoms with van der Waals surface area (Å²) < 4.78 is 0. The topological polar surface area (TPSA) is 157 Å². The monoisotopic (exact) mass is 613 g/mol. The number of aliphatic hydroxyl groups is 1. The molecule has 5 N–H and O–H groups in total. The minimum atomic E-state index is -1.13. The standard InChI is InChI=1S/C29H39N5O5.C3H8.CH4O/c1-5-7-15-22(25(35)27(37)31-17-6-2)32-26(36)23-16-12-18-34(23)28(38)24(33-29(39)30-4)21-14-11-9-8-10-13-20(3)19-21;1-3-2;1-2/h1,6,8-10,13,21-24H,2-3,7,11-12,14-19H2,4H3,(H,31,37)(H,32,36)(H2,30,33,39);3H2,1-2H3;2H,1H3/b9-8-,13-10-;;. The van der Waals surface area contributed by atoms with E-state index in [0.29, 0.717) is 38.6 Å². The normalized spacial score (nSPS) is 20.0. The number of nitrogens with zero attached hydrogens (tertiary/aromatic N) is 1. The Balaban J connectivity index is 0.00000347. The van der Waals surface area contributed by atoms with Crippen LogP contribution in [0.2, 0.25) is 0 Å². The van der Waals surface area contributed by atoms with Gasteiger partial charge in [-0.05, 0) is 44.4 Å². The molecule has 5 amide bonds. The number of hydrogen-bond donors (Lipinski definition) is 5. The van der Waals surface area contributed by atoms with Crippen LogP contribution >= 0.6 is 0 Å². The number of ketones is 1. The van der Waals surface area contributed by atoms with Gasteiger partial charge in [-0.1, -0.05) is 62.8 Å². The minimum Gasteiger partial charge on any atom is -0.400 e. The van der Waals surface area contributed by atoms with Crippen LogP contribution in [-0.4, -0.2) is 84.9 Å². The number of terminal acetylenes is 1. The van der Waals surface area contributed by atoms with Crippen molar-refractivity contribution in [2.45, 2.75) is 83.3 Å². The van der Waals surface area contributed by atoms with Crippen molar-refractivity contribution < 1.29 is 29.1 Å². The number of carbonyl (C=O) groups is 5. The van der Waals surface area contributed by atoms with Crippen LogP contribution < -0.4 is 21.3 Å². The predicted octanol–water partition coefficient (Wildman–Crippen LogP) is 2.54. The van der Waals surface area contributed by atoms with Crippen molar-refractivity contribution >= 4 is 29.5 Å². The lowest BCUT2D eigenvalue weighted by molar-refractivity contribution is -0.143. The third-order valence-electron chi connectivity index (χ3n) is 6.74. The van der Waals surface area contributed by atoms with Gasteiger partial charge in [-0.25, -0.2) is 4.79 Å². The number of aliphatic hydroxyl groups excluding tert-OH is 1. The number of allylic oxidation sites excluding steroid dienone is 5. The fourth-order valence-electron chi connectivity index (χ4n) is 4.72. The van der Waals surface area contributed by atoms with E-state index in [1.54, 1.807) is 0 Å². The van der Waals surface area contributed by atoms with Gasteiger partial charge in [-0.3, -0.25) is 19.2 Å². The van der Waals surface area contributed by atoms with Gasteiger partial charge >= 0.3 is 6.03 Å². The summed E-state index contributed by atoms with van der Waals surface area (Å²) in [6, 6.07) is -3.38. The summed E-state index contributed by atoms with van der Waals surface area (Å²) >= 11 is 0. The van der Waals surface area contributed by atoms with E-state index in [-0.39, 0.29) is 31.2 Å². The molecule has 11 nitrogen and oxygen atoms in total. The van der Waals surface area contributed by atoms with E-state index in [1.807, 2.05) is 24.3 Å². The summed E-state index contributed by atoms with van der Waals surface area (Å²) in [7, 11) is 2.47. The van der Waals surface area contributed by atoms with Gasteiger partial charge in [0, 0.05) is 33.7 Å². The minimum absolute atomic E-state index is 0.0787. The number of hydrogen-bond acceptors (Lipinski definition) is 6. The lowest BCUT2D eigenvalue weighted by atomic mass is 9.87. The molecule has 0 aromatic rings. The predicted molar refractivity (Wildman–Crippen MR) is 173 cm³/mol. The first-order valence-electron chi connectivity index (χ1n) is 15.1. The van der Waals surface area contributed by atoms with Crippen molar-refractivity contribution in [2.75, 3.05) is 27.2 Å². The highest BCUT2D eigenvalue weighted by Gasteiger charge is 2.41. The molecular weight excluding hydrogens is 562 g/mol. The van der Waals surface area contributed by atoms with Crippen molar-refractivity contribution in [3.63, 3.8) is 0 Å². The molecule has 1 aliphatic carbocycles. The van der Waals surface area contributed by atoms with Gasteiger partial charge in [0.25, 0.3) is 5.91 Å². The average Bonchev–Trinajstić information content (AvgIpc) is 3.55. The summed E-state index contributed by atoms with van der Waals surface area (Å²) in [6.07, 6.45) is 18.8. The Morgan fingerprint density at radius 3 is 2.45 bits per heavy atom. The first-order chi connectivity index (χ1) is 21.1. The fraction of sp³-hybridized carbons (Fsp3) is 0.545. The summed E-state index contributed by atoms with van der Waals surface area (Å²) in [4.78, 5) is 66.0. The van der Waals surface area contributed by atoms with E-state index in [4.69, 9.17) is 11.5 Å². The molecule has 244 valence electrons. The third-order valence-corrected chi connectivity index (χ3v) is 6.74. The molecule has 1 aliphatic heterocycles. The molecule has 0 saturated carbocycles. The Labute approximate surface area is 262 Å². The molecule has 0 radical (unpaired) electrons. The summed E-state index contributed by atoms with van der Waals surface area (Å²) in [5.41, 5.74) is 0.823. The average molecular weight is 614 g/mol. The molecule has 0 aromatic heterocycles. The van der Waals surface area contributed by atoms with E-state index < -0.39 is 41.8 Å². The van der Waals surface area contributed by atoms with Crippen molar-refractivity contribution in [3.05, 3.63) is 49.1 Å². The van der Waals surface area contributed by atoms with Crippen LogP contribution in [0.5, 0.6) is 0 Å². The Morgan fingerprint density at radius 2 is 1.84 bits per heavy atom. The first-order valence-corrected chi connectivity index (χ1v) is 15.1. The van der Waals surface area contributed by atoms with Crippen LogP contribution in [-0.2, 0) is 19.2 Å². The third kappa shape index (κ3) is 13.9. The number of amides is 5. The van der Waals surface area contributed by atoms with Crippen molar-refractivity contribution in [1.29, 1.82) is 0 Å². The van der Waals surface area contributed by atoms with Crippen molar-refractivity contribution in [3.8, 4) is 12.3 Å². The zero-order valence-electron chi connectivity index (χ0n) is 26.7. The molecule has 1 fully saturated rings. The van der Waals surface area contributed by atoms with Crippen LogP contribution in [0, 0.1) is 18.3 Å². The molecule has 1 saturated heterocycles. The second-order valence-electron chi connectivity index (χ2n) is 10.3. The first kappa shape index (κ1) is 39.8. The lowest BCUT2D eigenvalue weighted by Crippen LogP contribution is -2.58. The van der Waals surface area contributed by atoms with E-state index in [1.165, 1.54) is 24.4 Å². The van der Waals surface area contributed by atoms with E-state index in [0.717, 1.165) is 12.7 Å². The molecular formula is C33H51N5O6. The largest absolute Gasteiger partial charge is 0.400 e. The maximum atomic E-state index is 13.9. The fourth-order valence-corrected chi connectivity index (χ4v) is 4.72. The molecule has 0 spiro atoms. The highest BCUT2D eigenvalue weighted by molar-refractivity contribution is 6.38. The summed E-state index contributed by atoms with van der Waals surface area (Å²) in [6.45, 7) is 12.2. The molecule has 0 aromatic carbocycles. The zero-order chi connectivity index (χ0) is 33.5. The molecule has 2 aliphatic rings. The number of carbonyl (C=O) groups excluding carboxylic acids is 5. The highest BCUT2D eigenvalue weighted by Crippen LogP contribution is 2.27. The van der Waals surface area contributed by atoms with Gasteiger partial charge in [-0.15, -0.1) is 18.9 Å². The maximum absolute atomic E-state index is 13.9. The Morgan fingerprint density at radius 1 is 1.16 bits per heavy atom. The van der Waals surface area contributed by atoms with E-state index in [9.17, 15) is 24.0 Å². The van der Waals surface area contributed by atoms with E-state index in [2.05, 4.69) is 54.2 Å². The number of likely N-dealkylation sites (tertiary alicyclic amines) is 1. The van der Waals surface area contributed by atoms with Crippen LogP contribution in [0.25, 0.3) is 0 Å². The molecule has 1 heterocycles. The highest BCUT2D eigenvalue weighted by atomic mass is 16.2. The second kappa shape index (κ2) is 23.3. The molecule has 11 heteroatoms. The molecule has 4 unspecified atom stereocenters. The van der Waals surface area contributed by atoms with Gasteiger partial charge in [0.05, 0.1) is 6.04 Å². The summed E-state index contributed by atoms with van der Waals surface area (Å²) in [5.74, 6) is -0.428. The van der Waals surface area contributed by atoms with Crippen LogP contribution in [0.1, 0.15) is 65.2 Å². The number of urea groups is 1.